The fourth-order valence-corrected chi connectivity index (χ4v) is 4.23. The molecule has 2 aliphatic rings. The molecule has 2 aliphatic heterocycles. The summed E-state index contributed by atoms with van der Waals surface area (Å²) in [6.07, 6.45) is 1.16. The van der Waals surface area contributed by atoms with Gasteiger partial charge >= 0.3 is 0 Å². The van der Waals surface area contributed by atoms with E-state index in [9.17, 15) is 0 Å². The summed E-state index contributed by atoms with van der Waals surface area (Å²) in [4.78, 5) is 0. The van der Waals surface area contributed by atoms with Gasteiger partial charge < -0.3 is 14.8 Å². The molecule has 1 unspecified atom stereocenters. The third kappa shape index (κ3) is 3.12. The van der Waals surface area contributed by atoms with E-state index in [1.165, 1.54) is 5.75 Å². The molecular weight excluding hydrogens is 294 g/mol. The van der Waals surface area contributed by atoms with Crippen LogP contribution in [0, 0.1) is 5.41 Å². The number of halogens is 1. The molecule has 1 N–H and O–H groups in total. The first-order chi connectivity index (χ1) is 9.53. The zero-order chi connectivity index (χ0) is 14.2. The number of benzene rings is 1. The Balaban J connectivity index is 1.77. The second-order valence-electron chi connectivity index (χ2n) is 6.20. The van der Waals surface area contributed by atoms with Crippen molar-refractivity contribution >= 4 is 29.1 Å². The van der Waals surface area contributed by atoms with Crippen LogP contribution in [-0.2, 0) is 0 Å². The maximum absolute atomic E-state index is 6.35. The van der Waals surface area contributed by atoms with Crippen molar-refractivity contribution in [2.75, 3.05) is 30.0 Å². The summed E-state index contributed by atoms with van der Waals surface area (Å²) in [6, 6.07) is 4.26. The average molecular weight is 314 g/mol. The molecule has 0 radical (unpaired) electrons. The van der Waals surface area contributed by atoms with Gasteiger partial charge in [-0.2, -0.15) is 11.8 Å². The Morgan fingerprint density at radius 1 is 1.25 bits per heavy atom. The summed E-state index contributed by atoms with van der Waals surface area (Å²) in [5.41, 5.74) is 1.32. The van der Waals surface area contributed by atoms with Crippen LogP contribution < -0.4 is 14.8 Å². The van der Waals surface area contributed by atoms with Gasteiger partial charge in [-0.15, -0.1) is 0 Å². The van der Waals surface area contributed by atoms with Crippen LogP contribution in [0.3, 0.4) is 0 Å². The third-order valence-corrected chi connectivity index (χ3v) is 5.54. The molecule has 0 amide bonds. The van der Waals surface area contributed by atoms with Gasteiger partial charge in [-0.05, 0) is 17.6 Å². The molecule has 0 aromatic heterocycles. The number of ether oxygens (including phenoxy) is 2. The highest BCUT2D eigenvalue weighted by molar-refractivity contribution is 7.99. The standard InChI is InChI=1S/C15H20ClNO2S/c1-15(2)7-10(8-20-9-15)17-12-6-14-13(5-11(12)16)18-3-4-19-14/h5-6,10,17H,3-4,7-9H2,1-2H3. The van der Waals surface area contributed by atoms with E-state index in [0.29, 0.717) is 29.7 Å². The summed E-state index contributed by atoms with van der Waals surface area (Å²) in [7, 11) is 0. The van der Waals surface area contributed by atoms with E-state index in [2.05, 4.69) is 19.2 Å². The fraction of sp³-hybridized carbons (Fsp3) is 0.600. The number of anilines is 1. The van der Waals surface area contributed by atoms with Crippen molar-refractivity contribution in [3.63, 3.8) is 0 Å². The van der Waals surface area contributed by atoms with Crippen LogP contribution in [0.5, 0.6) is 11.5 Å². The monoisotopic (exact) mass is 313 g/mol. The maximum Gasteiger partial charge on any atom is 0.163 e. The third-order valence-electron chi connectivity index (χ3n) is 3.60. The van der Waals surface area contributed by atoms with Crippen LogP contribution in [0.4, 0.5) is 5.69 Å². The summed E-state index contributed by atoms with van der Waals surface area (Å²) < 4.78 is 11.2. The van der Waals surface area contributed by atoms with E-state index in [4.69, 9.17) is 21.1 Å². The van der Waals surface area contributed by atoms with E-state index in [1.54, 1.807) is 0 Å². The Hall–Kier alpha value is -0.740. The second kappa shape index (κ2) is 5.57. The lowest BCUT2D eigenvalue weighted by molar-refractivity contribution is 0.171. The second-order valence-corrected chi connectivity index (χ2v) is 7.64. The maximum atomic E-state index is 6.35. The number of thioether (sulfide) groups is 1. The zero-order valence-corrected chi connectivity index (χ0v) is 13.4. The van der Waals surface area contributed by atoms with Crippen molar-refractivity contribution in [2.45, 2.75) is 26.3 Å². The van der Waals surface area contributed by atoms with Gasteiger partial charge in [0.1, 0.15) is 13.2 Å². The molecule has 5 heteroatoms. The zero-order valence-electron chi connectivity index (χ0n) is 11.9. The molecule has 1 atom stereocenters. The van der Waals surface area contributed by atoms with Gasteiger partial charge in [0.05, 0.1) is 10.7 Å². The first-order valence-corrected chi connectivity index (χ1v) is 8.50. The summed E-state index contributed by atoms with van der Waals surface area (Å²) in [5, 5.41) is 4.26. The first-order valence-electron chi connectivity index (χ1n) is 6.97. The van der Waals surface area contributed by atoms with Gasteiger partial charge in [0.15, 0.2) is 11.5 Å². The number of rotatable bonds is 2. The number of hydrogen-bond acceptors (Lipinski definition) is 4. The Morgan fingerprint density at radius 2 is 1.95 bits per heavy atom. The molecule has 0 bridgehead atoms. The van der Waals surface area contributed by atoms with Gasteiger partial charge in [-0.25, -0.2) is 0 Å². The number of nitrogens with one attached hydrogen (secondary N) is 1. The van der Waals surface area contributed by atoms with Gasteiger partial charge in [-0.3, -0.25) is 0 Å². The number of hydrogen-bond donors (Lipinski definition) is 1. The van der Waals surface area contributed by atoms with Crippen LogP contribution in [0.1, 0.15) is 20.3 Å². The minimum atomic E-state index is 0.376. The van der Waals surface area contributed by atoms with E-state index in [0.717, 1.165) is 29.4 Å². The summed E-state index contributed by atoms with van der Waals surface area (Å²) in [6.45, 7) is 5.82. The Morgan fingerprint density at radius 3 is 2.65 bits per heavy atom. The highest BCUT2D eigenvalue weighted by atomic mass is 35.5. The Labute approximate surface area is 129 Å². The van der Waals surface area contributed by atoms with Crippen molar-refractivity contribution < 1.29 is 9.47 Å². The highest BCUT2D eigenvalue weighted by Gasteiger charge is 2.29. The molecule has 1 aromatic rings. The Bertz CT molecular complexity index is 507. The molecular formula is C15H20ClNO2S. The molecule has 1 aromatic carbocycles. The van der Waals surface area contributed by atoms with E-state index in [1.807, 2.05) is 23.9 Å². The highest BCUT2D eigenvalue weighted by Crippen LogP contribution is 2.40. The summed E-state index contributed by atoms with van der Waals surface area (Å²) >= 11 is 8.35. The van der Waals surface area contributed by atoms with Crippen LogP contribution in [0.15, 0.2) is 12.1 Å². The quantitative estimate of drug-likeness (QED) is 0.892. The molecule has 1 fully saturated rings. The lowest BCUT2D eigenvalue weighted by Crippen LogP contribution is -2.35. The van der Waals surface area contributed by atoms with E-state index < -0.39 is 0 Å². The van der Waals surface area contributed by atoms with Gasteiger partial charge in [0, 0.05) is 23.9 Å². The van der Waals surface area contributed by atoms with Crippen molar-refractivity contribution in [1.29, 1.82) is 0 Å². The smallest absolute Gasteiger partial charge is 0.163 e. The fourth-order valence-electron chi connectivity index (χ4n) is 2.75. The molecule has 0 spiro atoms. The Kier molecular flexibility index (Phi) is 3.95. The lowest BCUT2D eigenvalue weighted by Gasteiger charge is -2.35. The van der Waals surface area contributed by atoms with Gasteiger partial charge in [-0.1, -0.05) is 25.4 Å². The van der Waals surface area contributed by atoms with Crippen LogP contribution in [0.2, 0.25) is 5.02 Å². The summed E-state index contributed by atoms with van der Waals surface area (Å²) in [5.74, 6) is 3.87. The molecule has 3 rings (SSSR count). The van der Waals surface area contributed by atoms with Gasteiger partial charge in [0.2, 0.25) is 0 Å². The van der Waals surface area contributed by atoms with Crippen molar-refractivity contribution in [1.82, 2.24) is 0 Å². The van der Waals surface area contributed by atoms with Crippen molar-refractivity contribution in [3.05, 3.63) is 17.2 Å². The molecule has 110 valence electrons. The minimum Gasteiger partial charge on any atom is -0.486 e. The van der Waals surface area contributed by atoms with Crippen molar-refractivity contribution in [3.8, 4) is 11.5 Å². The van der Waals surface area contributed by atoms with Crippen LogP contribution >= 0.6 is 23.4 Å². The number of fused-ring (bicyclic) bond motifs is 1. The van der Waals surface area contributed by atoms with Crippen LogP contribution in [0.25, 0.3) is 0 Å². The minimum absolute atomic E-state index is 0.376. The van der Waals surface area contributed by atoms with Crippen molar-refractivity contribution in [2.24, 2.45) is 5.41 Å². The van der Waals surface area contributed by atoms with E-state index in [-0.39, 0.29) is 0 Å². The average Bonchev–Trinajstić information content (AvgIpc) is 2.38. The molecule has 0 aliphatic carbocycles. The van der Waals surface area contributed by atoms with Gasteiger partial charge in [0.25, 0.3) is 0 Å². The molecule has 0 saturated carbocycles. The topological polar surface area (TPSA) is 30.5 Å². The lowest BCUT2D eigenvalue weighted by atomic mass is 9.88. The molecule has 20 heavy (non-hydrogen) atoms. The van der Waals surface area contributed by atoms with E-state index >= 15 is 0 Å². The molecule has 3 nitrogen and oxygen atoms in total. The molecule has 2 heterocycles. The predicted octanol–water partition coefficient (Wildman–Crippen LogP) is 4.05. The SMILES string of the molecule is CC1(C)CSCC(Nc2cc3c(cc2Cl)OCCO3)C1. The first kappa shape index (κ1) is 14.2. The largest absolute Gasteiger partial charge is 0.486 e. The predicted molar refractivity (Wildman–Crippen MR) is 85.6 cm³/mol. The normalized spacial score (nSPS) is 24.2. The van der Waals surface area contributed by atoms with Crippen LogP contribution in [-0.4, -0.2) is 30.8 Å². The molecule has 1 saturated heterocycles.